The number of carbonyl (C=O) groups is 1. The molecule has 2 heterocycles. The van der Waals surface area contributed by atoms with Gasteiger partial charge in [0.2, 0.25) is 0 Å². The average molecular weight is 355 g/mol. The van der Waals surface area contributed by atoms with E-state index in [9.17, 15) is 4.79 Å². The lowest BCUT2D eigenvalue weighted by Gasteiger charge is -2.13. The minimum absolute atomic E-state index is 0.451. The molecule has 0 fully saturated rings. The molecular weight excluding hydrogens is 330 g/mol. The first kappa shape index (κ1) is 18.0. The van der Waals surface area contributed by atoms with Gasteiger partial charge in [0, 0.05) is 24.9 Å². The predicted molar refractivity (Wildman–Crippen MR) is 103 cm³/mol. The second kappa shape index (κ2) is 7.59. The zero-order valence-electron chi connectivity index (χ0n) is 15.2. The highest BCUT2D eigenvalue weighted by atomic mass is 16.4. The number of pyridine rings is 1. The Bertz CT molecular complexity index is 932. The lowest BCUT2D eigenvalue weighted by atomic mass is 10.1. The van der Waals surface area contributed by atoms with Crippen LogP contribution in [0.4, 0.5) is 10.6 Å². The maximum Gasteiger partial charge on any atom is 0.404 e. The smallest absolute Gasteiger partial charge is 0.404 e. The fraction of sp³-hybridized carbons (Fsp3) is 0.421. The first-order valence-electron chi connectivity index (χ1n) is 8.97. The van der Waals surface area contributed by atoms with Crippen molar-refractivity contribution in [2.24, 2.45) is 5.92 Å². The molecule has 0 aliphatic heterocycles. The number of unbranched alkanes of at least 4 members (excludes halogenated alkanes) is 1. The fourth-order valence-electron chi connectivity index (χ4n) is 3.26. The average Bonchev–Trinajstić information content (AvgIpc) is 2.93. The molecule has 0 radical (unpaired) electrons. The Morgan fingerprint density at radius 3 is 2.77 bits per heavy atom. The van der Waals surface area contributed by atoms with Crippen LogP contribution in [-0.4, -0.2) is 32.3 Å². The van der Waals surface area contributed by atoms with Crippen LogP contribution in [0.3, 0.4) is 0 Å². The largest absolute Gasteiger partial charge is 0.465 e. The van der Waals surface area contributed by atoms with Gasteiger partial charge in [0.1, 0.15) is 11.3 Å². The molecule has 1 amide bonds. The summed E-state index contributed by atoms with van der Waals surface area (Å²) in [4.78, 5) is 19.8. The van der Waals surface area contributed by atoms with Gasteiger partial charge < -0.3 is 20.7 Å². The minimum atomic E-state index is -0.984. The van der Waals surface area contributed by atoms with Gasteiger partial charge in [-0.25, -0.2) is 14.8 Å². The molecule has 0 aliphatic rings. The fourth-order valence-corrected chi connectivity index (χ4v) is 3.26. The number of nitrogens with zero attached hydrogens (tertiary/aromatic N) is 3. The molecule has 138 valence electrons. The number of para-hydroxylation sites is 1. The van der Waals surface area contributed by atoms with Gasteiger partial charge in [-0.15, -0.1) is 0 Å². The monoisotopic (exact) mass is 355 g/mol. The third-order valence-electron chi connectivity index (χ3n) is 4.34. The number of aromatic nitrogens is 3. The van der Waals surface area contributed by atoms with E-state index < -0.39 is 6.09 Å². The van der Waals surface area contributed by atoms with Crippen molar-refractivity contribution < 1.29 is 9.90 Å². The van der Waals surface area contributed by atoms with E-state index in [2.05, 4.69) is 34.8 Å². The summed E-state index contributed by atoms with van der Waals surface area (Å²) in [5.74, 6) is 1.90. The standard InChI is InChI=1S/C19H25N5O2/c1-12(2)11-24-15(9-5-6-10-21-19(25)26)23-16-17(24)13-7-3-4-8-14(13)22-18(16)20/h3-4,7-8,12,21H,5-6,9-11H2,1-2H3,(H2,20,22)(H,25,26). The number of nitrogens with one attached hydrogen (secondary N) is 1. The molecule has 1 aromatic carbocycles. The predicted octanol–water partition coefficient (Wildman–Crippen LogP) is 3.41. The first-order valence-corrected chi connectivity index (χ1v) is 8.97. The van der Waals surface area contributed by atoms with Crippen molar-refractivity contribution in [2.45, 2.75) is 39.7 Å². The van der Waals surface area contributed by atoms with Gasteiger partial charge in [0.15, 0.2) is 5.82 Å². The van der Waals surface area contributed by atoms with Crippen LogP contribution in [0.25, 0.3) is 21.9 Å². The maximum absolute atomic E-state index is 10.5. The maximum atomic E-state index is 10.5. The van der Waals surface area contributed by atoms with Crippen molar-refractivity contribution in [3.05, 3.63) is 30.1 Å². The van der Waals surface area contributed by atoms with Gasteiger partial charge in [-0.3, -0.25) is 0 Å². The molecule has 7 nitrogen and oxygen atoms in total. The molecule has 0 bridgehead atoms. The summed E-state index contributed by atoms with van der Waals surface area (Å²) in [6, 6.07) is 7.99. The zero-order valence-corrected chi connectivity index (χ0v) is 15.2. The molecule has 4 N–H and O–H groups in total. The molecule has 0 spiro atoms. The Morgan fingerprint density at radius 1 is 1.27 bits per heavy atom. The highest BCUT2D eigenvalue weighted by Gasteiger charge is 2.17. The number of nitrogens with two attached hydrogens (primary N) is 1. The highest BCUT2D eigenvalue weighted by Crippen LogP contribution is 2.29. The Hall–Kier alpha value is -2.83. The van der Waals surface area contributed by atoms with E-state index in [0.29, 0.717) is 18.3 Å². The Labute approximate surface area is 152 Å². The van der Waals surface area contributed by atoms with Gasteiger partial charge in [0.05, 0.1) is 11.0 Å². The normalized spacial score (nSPS) is 11.5. The van der Waals surface area contributed by atoms with Crippen LogP contribution in [0.1, 0.15) is 32.5 Å². The summed E-state index contributed by atoms with van der Waals surface area (Å²) in [7, 11) is 0. The summed E-state index contributed by atoms with van der Waals surface area (Å²) in [5.41, 5.74) is 8.85. The highest BCUT2D eigenvalue weighted by molar-refractivity contribution is 6.06. The Balaban J connectivity index is 1.98. The molecule has 0 aliphatic carbocycles. The van der Waals surface area contributed by atoms with Crippen LogP contribution in [0.5, 0.6) is 0 Å². The third kappa shape index (κ3) is 3.71. The number of aryl methyl sites for hydroxylation is 1. The quantitative estimate of drug-likeness (QED) is 0.563. The number of hydrogen-bond acceptors (Lipinski definition) is 4. The van der Waals surface area contributed by atoms with Crippen molar-refractivity contribution >= 4 is 33.8 Å². The summed E-state index contributed by atoms with van der Waals surface area (Å²) in [5, 5.41) is 12.1. The lowest BCUT2D eigenvalue weighted by molar-refractivity contribution is 0.194. The van der Waals surface area contributed by atoms with Gasteiger partial charge >= 0.3 is 6.09 Å². The number of amides is 1. The molecule has 0 atom stereocenters. The number of nitrogen functional groups attached to an aromatic ring is 1. The third-order valence-corrected chi connectivity index (χ3v) is 4.34. The molecule has 7 heteroatoms. The summed E-state index contributed by atoms with van der Waals surface area (Å²) >= 11 is 0. The molecule has 3 aromatic rings. The van der Waals surface area contributed by atoms with Crippen LogP contribution < -0.4 is 11.1 Å². The zero-order chi connectivity index (χ0) is 18.7. The molecule has 2 aromatic heterocycles. The summed E-state index contributed by atoms with van der Waals surface area (Å²) in [6.45, 7) is 5.66. The summed E-state index contributed by atoms with van der Waals surface area (Å²) < 4.78 is 2.25. The number of hydrogen-bond donors (Lipinski definition) is 3. The van der Waals surface area contributed by atoms with E-state index in [0.717, 1.165) is 53.6 Å². The molecule has 3 rings (SSSR count). The number of imidazole rings is 1. The Morgan fingerprint density at radius 2 is 2.04 bits per heavy atom. The summed E-state index contributed by atoms with van der Waals surface area (Å²) in [6.07, 6.45) is 1.41. The van der Waals surface area contributed by atoms with E-state index in [1.54, 1.807) is 0 Å². The Kier molecular flexibility index (Phi) is 5.25. The first-order chi connectivity index (χ1) is 12.5. The van der Waals surface area contributed by atoms with E-state index in [4.69, 9.17) is 15.8 Å². The SMILES string of the molecule is CC(C)Cn1c(CCCCNC(=O)O)nc2c(N)nc3ccccc3c21. The van der Waals surface area contributed by atoms with Crippen LogP contribution in [0.2, 0.25) is 0 Å². The number of rotatable bonds is 7. The van der Waals surface area contributed by atoms with Gasteiger partial charge in [-0.2, -0.15) is 0 Å². The molecule has 26 heavy (non-hydrogen) atoms. The molecular formula is C19H25N5O2. The van der Waals surface area contributed by atoms with E-state index in [1.165, 1.54) is 0 Å². The number of benzene rings is 1. The van der Waals surface area contributed by atoms with E-state index in [1.807, 2.05) is 18.2 Å². The van der Waals surface area contributed by atoms with Crippen molar-refractivity contribution in [3.8, 4) is 0 Å². The molecule has 0 saturated carbocycles. The van der Waals surface area contributed by atoms with E-state index in [-0.39, 0.29) is 0 Å². The van der Waals surface area contributed by atoms with Crippen molar-refractivity contribution in [1.29, 1.82) is 0 Å². The topological polar surface area (TPSA) is 106 Å². The van der Waals surface area contributed by atoms with Crippen LogP contribution in [0.15, 0.2) is 24.3 Å². The number of carboxylic acid groups (broad SMARTS) is 1. The number of anilines is 1. The van der Waals surface area contributed by atoms with Gasteiger partial charge in [-0.05, 0) is 24.8 Å². The lowest BCUT2D eigenvalue weighted by Crippen LogP contribution is -2.21. The van der Waals surface area contributed by atoms with Crippen LogP contribution in [-0.2, 0) is 13.0 Å². The van der Waals surface area contributed by atoms with Crippen molar-refractivity contribution in [2.75, 3.05) is 12.3 Å². The van der Waals surface area contributed by atoms with Crippen LogP contribution >= 0.6 is 0 Å². The van der Waals surface area contributed by atoms with Crippen LogP contribution in [0, 0.1) is 5.92 Å². The second-order valence-corrected chi connectivity index (χ2v) is 6.93. The van der Waals surface area contributed by atoms with Crippen molar-refractivity contribution in [1.82, 2.24) is 19.9 Å². The van der Waals surface area contributed by atoms with E-state index >= 15 is 0 Å². The number of fused-ring (bicyclic) bond motifs is 3. The van der Waals surface area contributed by atoms with Gasteiger partial charge in [0.25, 0.3) is 0 Å². The minimum Gasteiger partial charge on any atom is -0.465 e. The molecule has 0 saturated heterocycles. The second-order valence-electron chi connectivity index (χ2n) is 6.93. The molecule has 0 unspecified atom stereocenters. The van der Waals surface area contributed by atoms with Crippen molar-refractivity contribution in [3.63, 3.8) is 0 Å². The van der Waals surface area contributed by atoms with Gasteiger partial charge in [-0.1, -0.05) is 32.0 Å².